The monoisotopic (exact) mass is 410 g/mol. The van der Waals surface area contributed by atoms with Crippen LogP contribution < -0.4 is 10.6 Å². The van der Waals surface area contributed by atoms with Gasteiger partial charge in [0, 0.05) is 39.8 Å². The van der Waals surface area contributed by atoms with Crippen LogP contribution in [-0.2, 0) is 11.8 Å². The fourth-order valence-corrected chi connectivity index (χ4v) is 3.25. The Labute approximate surface area is 169 Å². The lowest BCUT2D eigenvalue weighted by molar-refractivity contribution is -0.00535. The minimum atomic E-state index is -0.186. The average molecular weight is 411 g/mol. The minimum Gasteiger partial charge on any atom is -0.391 e. The second-order valence-electron chi connectivity index (χ2n) is 6.97. The predicted molar refractivity (Wildman–Crippen MR) is 107 cm³/mol. The molecule has 0 aliphatic carbocycles. The number of nitrogens with two attached hydrogens (primary N) is 1. The van der Waals surface area contributed by atoms with Crippen LogP contribution in [0.3, 0.4) is 0 Å². The van der Waals surface area contributed by atoms with Crippen LogP contribution in [0.4, 0.5) is 11.9 Å². The van der Waals surface area contributed by atoms with E-state index in [2.05, 4.69) is 37.0 Å². The first-order valence-electron chi connectivity index (χ1n) is 9.32. The minimum absolute atomic E-state index is 0.165. The maximum atomic E-state index is 8.78. The van der Waals surface area contributed by atoms with Gasteiger partial charge in [0.05, 0.1) is 23.9 Å². The lowest BCUT2D eigenvalue weighted by Gasteiger charge is -2.32. The third kappa shape index (κ3) is 5.07. The number of nitrogen functional groups attached to an aromatic ring is 1. The number of aliphatic hydroxyl groups is 1. The topological polar surface area (TPSA) is 118 Å². The number of anilines is 2. The maximum absolute atomic E-state index is 8.78. The van der Waals surface area contributed by atoms with Gasteiger partial charge in [0.25, 0.3) is 0 Å². The second-order valence-corrected chi connectivity index (χ2v) is 7.38. The fraction of sp³-hybridized carbons (Fsp3) is 0.647. The van der Waals surface area contributed by atoms with Crippen LogP contribution in [0, 0.1) is 0 Å². The van der Waals surface area contributed by atoms with E-state index in [-0.39, 0.29) is 12.1 Å². The highest BCUT2D eigenvalue weighted by molar-refractivity contribution is 6.32. The molecular formula is C17H27ClN8O2. The Hall–Kier alpha value is -2.01. The van der Waals surface area contributed by atoms with Crippen molar-refractivity contribution in [3.05, 3.63) is 11.2 Å². The van der Waals surface area contributed by atoms with Gasteiger partial charge in [-0.2, -0.15) is 0 Å². The van der Waals surface area contributed by atoms with Crippen molar-refractivity contribution >= 4 is 23.5 Å². The standard InChI is InChI=1S/C12H17ClN8.C5H10O2/c1-19-3-5-21(6-4-19)12-18-17-10(20(12)2)9-8(13)7-15-11(14)16-9;6-5-2-1-3-7-4-5/h7H,3-6H2,1-2H3,(H2,14,15,16);5-6H,1-4H2. The van der Waals surface area contributed by atoms with Gasteiger partial charge in [-0.15, -0.1) is 10.2 Å². The summed E-state index contributed by atoms with van der Waals surface area (Å²) in [6.45, 7) is 5.22. The Bertz CT molecular complexity index is 773. The molecule has 2 fully saturated rings. The first-order valence-corrected chi connectivity index (χ1v) is 9.70. The molecule has 2 aromatic rings. The molecular weight excluding hydrogens is 384 g/mol. The Morgan fingerprint density at radius 3 is 2.57 bits per heavy atom. The summed E-state index contributed by atoms with van der Waals surface area (Å²) in [5, 5.41) is 17.7. The highest BCUT2D eigenvalue weighted by Crippen LogP contribution is 2.26. The zero-order chi connectivity index (χ0) is 20.1. The summed E-state index contributed by atoms with van der Waals surface area (Å²) < 4.78 is 6.82. The number of hydrogen-bond donors (Lipinski definition) is 2. The van der Waals surface area contributed by atoms with E-state index in [0.29, 0.717) is 23.1 Å². The zero-order valence-corrected chi connectivity index (χ0v) is 17.0. The molecule has 1 atom stereocenters. The van der Waals surface area contributed by atoms with Crippen molar-refractivity contribution in [1.29, 1.82) is 0 Å². The Balaban J connectivity index is 0.000000271. The van der Waals surface area contributed by atoms with Crippen molar-refractivity contribution in [3.8, 4) is 11.5 Å². The van der Waals surface area contributed by atoms with Gasteiger partial charge in [-0.3, -0.25) is 4.57 Å². The molecule has 2 aromatic heterocycles. The molecule has 0 bridgehead atoms. The number of nitrogens with zero attached hydrogens (tertiary/aromatic N) is 7. The van der Waals surface area contributed by atoms with E-state index in [9.17, 15) is 0 Å². The van der Waals surface area contributed by atoms with E-state index in [1.165, 1.54) is 6.20 Å². The number of ether oxygens (including phenoxy) is 1. The lowest BCUT2D eigenvalue weighted by Crippen LogP contribution is -2.45. The molecule has 154 valence electrons. The molecule has 4 heterocycles. The van der Waals surface area contributed by atoms with Crippen LogP contribution >= 0.6 is 11.6 Å². The number of aromatic nitrogens is 5. The molecule has 1 unspecified atom stereocenters. The number of hydrogen-bond acceptors (Lipinski definition) is 9. The van der Waals surface area contributed by atoms with Crippen molar-refractivity contribution in [1.82, 2.24) is 29.6 Å². The summed E-state index contributed by atoms with van der Waals surface area (Å²) in [7, 11) is 4.01. The van der Waals surface area contributed by atoms with Crippen molar-refractivity contribution in [2.24, 2.45) is 7.05 Å². The van der Waals surface area contributed by atoms with Crippen LogP contribution in [0.15, 0.2) is 6.20 Å². The number of halogens is 1. The first kappa shape index (κ1) is 20.7. The quantitative estimate of drug-likeness (QED) is 0.725. The van der Waals surface area contributed by atoms with Gasteiger partial charge in [-0.25, -0.2) is 9.97 Å². The van der Waals surface area contributed by atoms with Crippen molar-refractivity contribution < 1.29 is 9.84 Å². The molecule has 2 saturated heterocycles. The molecule has 11 heteroatoms. The van der Waals surface area contributed by atoms with Gasteiger partial charge in [-0.05, 0) is 19.9 Å². The third-order valence-electron chi connectivity index (χ3n) is 4.75. The van der Waals surface area contributed by atoms with Gasteiger partial charge in [0.2, 0.25) is 11.9 Å². The van der Waals surface area contributed by atoms with Gasteiger partial charge < -0.3 is 25.4 Å². The maximum Gasteiger partial charge on any atom is 0.227 e. The molecule has 0 amide bonds. The molecule has 28 heavy (non-hydrogen) atoms. The fourth-order valence-electron chi connectivity index (χ4n) is 3.07. The molecule has 2 aliphatic rings. The third-order valence-corrected chi connectivity index (χ3v) is 5.03. The lowest BCUT2D eigenvalue weighted by atomic mass is 10.2. The van der Waals surface area contributed by atoms with E-state index < -0.39 is 0 Å². The molecule has 0 aromatic carbocycles. The molecule has 10 nitrogen and oxygen atoms in total. The van der Waals surface area contributed by atoms with E-state index in [1.807, 2.05) is 11.6 Å². The van der Waals surface area contributed by atoms with Gasteiger partial charge in [0.15, 0.2) is 5.82 Å². The van der Waals surface area contributed by atoms with Crippen LogP contribution in [0.1, 0.15) is 12.8 Å². The summed E-state index contributed by atoms with van der Waals surface area (Å²) in [6.07, 6.45) is 3.22. The van der Waals surface area contributed by atoms with Gasteiger partial charge >= 0.3 is 0 Å². The van der Waals surface area contributed by atoms with E-state index >= 15 is 0 Å². The van der Waals surface area contributed by atoms with Crippen LogP contribution in [0.2, 0.25) is 5.02 Å². The van der Waals surface area contributed by atoms with E-state index in [1.54, 1.807) is 0 Å². The van der Waals surface area contributed by atoms with Crippen LogP contribution in [0.5, 0.6) is 0 Å². The van der Waals surface area contributed by atoms with E-state index in [0.717, 1.165) is 51.6 Å². The zero-order valence-electron chi connectivity index (χ0n) is 16.3. The molecule has 0 saturated carbocycles. The molecule has 0 spiro atoms. The van der Waals surface area contributed by atoms with E-state index in [4.69, 9.17) is 27.2 Å². The smallest absolute Gasteiger partial charge is 0.227 e. The average Bonchev–Trinajstić information content (AvgIpc) is 3.07. The first-order chi connectivity index (χ1) is 13.5. The summed E-state index contributed by atoms with van der Waals surface area (Å²) in [6, 6.07) is 0. The predicted octanol–water partition coefficient (Wildman–Crippen LogP) is 0.417. The molecule has 4 rings (SSSR count). The highest BCUT2D eigenvalue weighted by atomic mass is 35.5. The Morgan fingerprint density at radius 1 is 1.21 bits per heavy atom. The normalized spacial score (nSPS) is 20.6. The summed E-state index contributed by atoms with van der Waals surface area (Å²) in [4.78, 5) is 12.5. The number of aliphatic hydroxyl groups excluding tert-OH is 1. The van der Waals surface area contributed by atoms with Gasteiger partial charge in [0.1, 0.15) is 5.69 Å². The van der Waals surface area contributed by atoms with Crippen molar-refractivity contribution in [2.75, 3.05) is 57.1 Å². The Kier molecular flexibility index (Phi) is 7.00. The highest BCUT2D eigenvalue weighted by Gasteiger charge is 2.22. The molecule has 2 aliphatic heterocycles. The van der Waals surface area contributed by atoms with Crippen LogP contribution in [0.25, 0.3) is 11.5 Å². The number of piperazine rings is 1. The van der Waals surface area contributed by atoms with Crippen LogP contribution in [-0.4, -0.2) is 87.3 Å². The second kappa shape index (κ2) is 9.46. The van der Waals surface area contributed by atoms with Crippen molar-refractivity contribution in [3.63, 3.8) is 0 Å². The number of rotatable bonds is 2. The largest absolute Gasteiger partial charge is 0.391 e. The molecule has 0 radical (unpaired) electrons. The Morgan fingerprint density at radius 2 is 1.96 bits per heavy atom. The SMILES string of the molecule is CN1CCN(c2nnc(-c3nc(N)ncc3Cl)n2C)CC1.OC1CCCOC1. The number of likely N-dealkylation sites (N-methyl/N-ethyl adjacent to an activating group) is 1. The van der Waals surface area contributed by atoms with Crippen molar-refractivity contribution in [2.45, 2.75) is 18.9 Å². The van der Waals surface area contributed by atoms with Gasteiger partial charge in [-0.1, -0.05) is 11.6 Å². The summed E-state index contributed by atoms with van der Waals surface area (Å²) in [5.41, 5.74) is 6.13. The summed E-state index contributed by atoms with van der Waals surface area (Å²) >= 11 is 6.13. The summed E-state index contributed by atoms with van der Waals surface area (Å²) in [5.74, 6) is 1.56. The molecule has 3 N–H and O–H groups in total.